The Morgan fingerprint density at radius 3 is 2.41 bits per heavy atom. The largest absolute Gasteiger partial charge is 0.455 e. The maximum Gasteiger partial charge on any atom is 0.309 e. The molecule has 1 aliphatic rings. The van der Waals surface area contributed by atoms with Gasteiger partial charge in [-0.3, -0.25) is 4.79 Å². The number of benzene rings is 2. The third-order valence-corrected chi connectivity index (χ3v) is 7.65. The van der Waals surface area contributed by atoms with Gasteiger partial charge in [0.2, 0.25) is 10.0 Å². The maximum absolute atomic E-state index is 12.9. The molecule has 2 heterocycles. The highest BCUT2D eigenvalue weighted by molar-refractivity contribution is 7.89. The van der Waals surface area contributed by atoms with Gasteiger partial charge in [-0.2, -0.15) is 9.40 Å². The molecule has 4 rings (SSSR count). The molecule has 0 spiro atoms. The molecule has 0 N–H and O–H groups in total. The Morgan fingerprint density at radius 2 is 1.78 bits per heavy atom. The van der Waals surface area contributed by atoms with Crippen molar-refractivity contribution in [2.75, 3.05) is 13.1 Å². The molecule has 0 amide bonds. The van der Waals surface area contributed by atoms with Crippen LogP contribution in [0.3, 0.4) is 0 Å². The fraction of sp³-hybridized carbons (Fsp3) is 0.318. The highest BCUT2D eigenvalue weighted by atomic mass is 35.5. The lowest BCUT2D eigenvalue weighted by Gasteiger charge is -2.31. The highest BCUT2D eigenvalue weighted by Crippen LogP contribution is 2.28. The molecule has 2 aromatic carbocycles. The van der Waals surface area contributed by atoms with E-state index in [0.29, 0.717) is 24.4 Å². The Hall–Kier alpha value is -2.75. The first-order valence-electron chi connectivity index (χ1n) is 10.3. The Bertz CT molecular complexity index is 1130. The lowest BCUT2D eigenvalue weighted by atomic mass is 9.98. The summed E-state index contributed by atoms with van der Waals surface area (Å²) in [5, 5.41) is 4.69. The van der Waals surface area contributed by atoms with Crippen molar-refractivity contribution in [1.29, 1.82) is 0 Å². The predicted octanol–water partition coefficient (Wildman–Crippen LogP) is 3.32. The number of esters is 1. The Kier molecular flexibility index (Phi) is 6.88. The fourth-order valence-corrected chi connectivity index (χ4v) is 5.31. The Balaban J connectivity index is 1.41. The van der Waals surface area contributed by atoms with E-state index in [1.807, 2.05) is 12.1 Å². The number of hydrogen-bond acceptors (Lipinski definition) is 6. The fourth-order valence-electron chi connectivity index (χ4n) is 3.69. The summed E-state index contributed by atoms with van der Waals surface area (Å²) >= 11 is 5.99. The smallest absolute Gasteiger partial charge is 0.309 e. The van der Waals surface area contributed by atoms with E-state index in [1.54, 1.807) is 53.5 Å². The van der Waals surface area contributed by atoms with Gasteiger partial charge in [0.15, 0.2) is 0 Å². The first-order chi connectivity index (χ1) is 15.4. The number of piperidine rings is 1. The van der Waals surface area contributed by atoms with Crippen LogP contribution in [0.25, 0.3) is 0 Å². The van der Waals surface area contributed by atoms with Gasteiger partial charge in [0.25, 0.3) is 0 Å². The standard InChI is InChI=1S/C22H23ClN4O4S/c23-19-8-6-17(7-9-19)21(14-26-16-24-15-25-26)31-22(28)18-10-12-27(13-11-18)32(29,30)20-4-2-1-3-5-20/h1-9,15-16,18,21H,10-14H2. The SMILES string of the molecule is O=C(OC(Cn1cncn1)c1ccc(Cl)cc1)C1CCN(S(=O)(=O)c2ccccc2)CC1. The van der Waals surface area contributed by atoms with E-state index in [9.17, 15) is 13.2 Å². The second kappa shape index (κ2) is 9.81. The minimum Gasteiger partial charge on any atom is -0.455 e. The third kappa shape index (κ3) is 5.17. The van der Waals surface area contributed by atoms with Gasteiger partial charge in [0.05, 0.1) is 17.4 Å². The molecule has 3 aromatic rings. The number of carbonyl (C=O) groups is 1. The zero-order valence-corrected chi connectivity index (χ0v) is 18.8. The molecule has 10 heteroatoms. The summed E-state index contributed by atoms with van der Waals surface area (Å²) in [6.45, 7) is 0.853. The molecule has 32 heavy (non-hydrogen) atoms. The molecule has 168 valence electrons. The van der Waals surface area contributed by atoms with Crippen LogP contribution in [0.15, 0.2) is 72.1 Å². The molecule has 1 atom stereocenters. The van der Waals surface area contributed by atoms with Crippen LogP contribution in [0.2, 0.25) is 5.02 Å². The molecule has 0 aliphatic carbocycles. The second-order valence-electron chi connectivity index (χ2n) is 7.59. The number of nitrogens with zero attached hydrogens (tertiary/aromatic N) is 4. The van der Waals surface area contributed by atoms with Crippen LogP contribution in [0, 0.1) is 5.92 Å². The molecule has 8 nitrogen and oxygen atoms in total. The molecule has 1 aliphatic heterocycles. The topological polar surface area (TPSA) is 94.4 Å². The van der Waals surface area contributed by atoms with Gasteiger partial charge in [0.1, 0.15) is 18.8 Å². The summed E-state index contributed by atoms with van der Waals surface area (Å²) in [6.07, 6.45) is 3.23. The number of rotatable bonds is 7. The average molecular weight is 475 g/mol. The van der Waals surface area contributed by atoms with Gasteiger partial charge >= 0.3 is 5.97 Å². The van der Waals surface area contributed by atoms with Gasteiger partial charge in [-0.15, -0.1) is 0 Å². The lowest BCUT2D eigenvalue weighted by Crippen LogP contribution is -2.40. The minimum absolute atomic E-state index is 0.261. The zero-order valence-electron chi connectivity index (χ0n) is 17.2. The number of hydrogen-bond donors (Lipinski definition) is 0. The van der Waals surface area contributed by atoms with E-state index in [0.717, 1.165) is 5.56 Å². The molecule has 0 radical (unpaired) electrons. The van der Waals surface area contributed by atoms with E-state index in [4.69, 9.17) is 16.3 Å². The number of carbonyl (C=O) groups excluding carboxylic acids is 1. The Morgan fingerprint density at radius 1 is 1.09 bits per heavy atom. The van der Waals surface area contributed by atoms with Crippen molar-refractivity contribution in [3.8, 4) is 0 Å². The van der Waals surface area contributed by atoms with E-state index in [-0.39, 0.29) is 29.9 Å². The first-order valence-corrected chi connectivity index (χ1v) is 12.1. The first kappa shape index (κ1) is 22.4. The second-order valence-corrected chi connectivity index (χ2v) is 9.96. The monoisotopic (exact) mass is 474 g/mol. The molecular formula is C22H23ClN4O4S. The summed E-state index contributed by atoms with van der Waals surface area (Å²) in [6, 6.07) is 15.4. The summed E-state index contributed by atoms with van der Waals surface area (Å²) in [7, 11) is -3.57. The maximum atomic E-state index is 12.9. The predicted molar refractivity (Wildman–Crippen MR) is 118 cm³/mol. The molecule has 1 fully saturated rings. The molecular weight excluding hydrogens is 452 g/mol. The molecule has 1 unspecified atom stereocenters. The summed E-state index contributed by atoms with van der Waals surface area (Å²) < 4.78 is 34.5. The van der Waals surface area contributed by atoms with Gasteiger partial charge in [-0.1, -0.05) is 41.9 Å². The van der Waals surface area contributed by atoms with Crippen LogP contribution in [0.1, 0.15) is 24.5 Å². The summed E-state index contributed by atoms with van der Waals surface area (Å²) in [5.74, 6) is -0.718. The van der Waals surface area contributed by atoms with Crippen molar-refractivity contribution < 1.29 is 17.9 Å². The van der Waals surface area contributed by atoms with E-state index >= 15 is 0 Å². The lowest BCUT2D eigenvalue weighted by molar-refractivity contribution is -0.156. The molecule has 1 aromatic heterocycles. The molecule has 0 bridgehead atoms. The van der Waals surface area contributed by atoms with Crippen LogP contribution < -0.4 is 0 Å². The molecule has 0 saturated carbocycles. The van der Waals surface area contributed by atoms with Crippen LogP contribution in [0.4, 0.5) is 0 Å². The highest BCUT2D eigenvalue weighted by Gasteiger charge is 2.33. The number of halogens is 1. The van der Waals surface area contributed by atoms with Gasteiger partial charge in [-0.05, 0) is 42.7 Å². The number of aromatic nitrogens is 3. The van der Waals surface area contributed by atoms with E-state index in [2.05, 4.69) is 10.1 Å². The third-order valence-electron chi connectivity index (χ3n) is 5.49. The van der Waals surface area contributed by atoms with Crippen molar-refractivity contribution in [2.24, 2.45) is 5.92 Å². The van der Waals surface area contributed by atoms with Crippen molar-refractivity contribution in [1.82, 2.24) is 19.1 Å². The van der Waals surface area contributed by atoms with Crippen LogP contribution in [-0.4, -0.2) is 46.5 Å². The quantitative estimate of drug-likeness (QED) is 0.487. The van der Waals surface area contributed by atoms with Gasteiger partial charge in [-0.25, -0.2) is 18.1 Å². The van der Waals surface area contributed by atoms with Gasteiger partial charge < -0.3 is 4.74 Å². The van der Waals surface area contributed by atoms with Crippen molar-refractivity contribution >= 4 is 27.6 Å². The summed E-state index contributed by atoms with van der Waals surface area (Å²) in [5.41, 5.74) is 0.794. The number of ether oxygens (including phenoxy) is 1. The summed E-state index contributed by atoms with van der Waals surface area (Å²) in [4.78, 5) is 17.1. The van der Waals surface area contributed by atoms with E-state index < -0.39 is 16.1 Å². The average Bonchev–Trinajstić information content (AvgIpc) is 3.33. The van der Waals surface area contributed by atoms with Crippen molar-refractivity contribution in [3.05, 3.63) is 77.8 Å². The number of sulfonamides is 1. The Labute approximate surface area is 191 Å². The van der Waals surface area contributed by atoms with Gasteiger partial charge in [0, 0.05) is 18.1 Å². The van der Waals surface area contributed by atoms with Crippen molar-refractivity contribution in [3.63, 3.8) is 0 Å². The molecule has 1 saturated heterocycles. The zero-order chi connectivity index (χ0) is 22.6. The van der Waals surface area contributed by atoms with Crippen LogP contribution >= 0.6 is 11.6 Å². The minimum atomic E-state index is -3.57. The van der Waals surface area contributed by atoms with Crippen molar-refractivity contribution in [2.45, 2.75) is 30.4 Å². The van der Waals surface area contributed by atoms with Crippen LogP contribution in [0.5, 0.6) is 0 Å². The van der Waals surface area contributed by atoms with Crippen LogP contribution in [-0.2, 0) is 26.1 Å². The normalized spacial score (nSPS) is 16.5. The van der Waals surface area contributed by atoms with E-state index in [1.165, 1.54) is 10.6 Å².